The fourth-order valence-corrected chi connectivity index (χ4v) is 6.18. The van der Waals surface area contributed by atoms with Crippen molar-refractivity contribution in [1.82, 2.24) is 9.80 Å². The largest absolute Gasteiger partial charge is 0.457 e. The third kappa shape index (κ3) is 6.56. The lowest BCUT2D eigenvalue weighted by molar-refractivity contribution is -0.161. The number of nitrogens with zero attached hydrogens (tertiary/aromatic N) is 2. The van der Waals surface area contributed by atoms with Crippen LogP contribution in [0.1, 0.15) is 36.0 Å². The molecule has 0 aromatic heterocycles. The van der Waals surface area contributed by atoms with Crippen molar-refractivity contribution in [3.8, 4) is 11.5 Å². The van der Waals surface area contributed by atoms with Gasteiger partial charge in [0.15, 0.2) is 0 Å². The molecule has 0 spiro atoms. The predicted octanol–water partition coefficient (Wildman–Crippen LogP) is 4.56. The zero-order chi connectivity index (χ0) is 27.3. The Kier molecular flexibility index (Phi) is 8.44. The van der Waals surface area contributed by atoms with Crippen molar-refractivity contribution in [2.24, 2.45) is 0 Å². The van der Waals surface area contributed by atoms with E-state index in [9.17, 15) is 9.90 Å². The fraction of sp³-hybridized carbons (Fsp3) is 0.424. The number of hydrogen-bond acceptors (Lipinski definition) is 6. The first-order valence-corrected chi connectivity index (χ1v) is 14.4. The summed E-state index contributed by atoms with van der Waals surface area (Å²) in [5.74, 6) is 1.76. The van der Waals surface area contributed by atoms with Crippen LogP contribution in [0.2, 0.25) is 0 Å². The molecule has 4 atom stereocenters. The molecule has 0 unspecified atom stereocenters. The van der Waals surface area contributed by atoms with Crippen LogP contribution in [0, 0.1) is 0 Å². The van der Waals surface area contributed by atoms with Crippen LogP contribution in [0.15, 0.2) is 78.9 Å². The van der Waals surface area contributed by atoms with Crippen LogP contribution in [0.5, 0.6) is 11.5 Å². The molecule has 1 N–H and O–H groups in total. The van der Waals surface area contributed by atoms with Crippen LogP contribution < -0.4 is 4.74 Å². The molecule has 0 radical (unpaired) electrons. The number of ether oxygens (including phenoxy) is 3. The number of fused-ring (bicyclic) bond motifs is 2. The number of rotatable bonds is 6. The Bertz CT molecular complexity index is 1270. The van der Waals surface area contributed by atoms with Crippen molar-refractivity contribution in [3.63, 3.8) is 0 Å². The molecule has 0 saturated carbocycles. The number of para-hydroxylation sites is 1. The van der Waals surface area contributed by atoms with E-state index in [1.54, 1.807) is 0 Å². The lowest BCUT2D eigenvalue weighted by atomic mass is 9.93. The lowest BCUT2D eigenvalue weighted by Crippen LogP contribution is -2.55. The van der Waals surface area contributed by atoms with Crippen molar-refractivity contribution >= 4 is 5.91 Å². The van der Waals surface area contributed by atoms with E-state index < -0.39 is 6.10 Å². The van der Waals surface area contributed by atoms with Crippen molar-refractivity contribution in [2.45, 2.75) is 63.1 Å². The summed E-state index contributed by atoms with van der Waals surface area (Å²) in [5.41, 5.74) is 3.74. The van der Waals surface area contributed by atoms with Gasteiger partial charge < -0.3 is 24.2 Å². The molecule has 7 nitrogen and oxygen atoms in total. The van der Waals surface area contributed by atoms with Crippen LogP contribution in [0.3, 0.4) is 0 Å². The lowest BCUT2D eigenvalue weighted by Gasteiger charge is -2.44. The molecule has 40 heavy (non-hydrogen) atoms. The molecule has 7 heteroatoms. The van der Waals surface area contributed by atoms with E-state index in [1.165, 1.54) is 11.1 Å². The van der Waals surface area contributed by atoms with Crippen LogP contribution in [0.4, 0.5) is 0 Å². The number of carbonyl (C=O) groups is 1. The van der Waals surface area contributed by atoms with Crippen molar-refractivity contribution in [1.29, 1.82) is 0 Å². The molecular formula is C33H38N2O5. The molecule has 0 bridgehead atoms. The number of carbonyl (C=O) groups excluding carboxylic acids is 1. The second kappa shape index (κ2) is 12.5. The Morgan fingerprint density at radius 3 is 2.48 bits per heavy atom. The molecule has 210 valence electrons. The summed E-state index contributed by atoms with van der Waals surface area (Å²) in [5, 5.41) is 10.6. The van der Waals surface area contributed by atoms with Gasteiger partial charge in [-0.1, -0.05) is 54.6 Å². The maximum atomic E-state index is 13.2. The number of aliphatic hydroxyl groups is 1. The van der Waals surface area contributed by atoms with Gasteiger partial charge in [-0.05, 0) is 60.2 Å². The van der Waals surface area contributed by atoms with E-state index in [-0.39, 0.29) is 30.8 Å². The van der Waals surface area contributed by atoms with Crippen molar-refractivity contribution in [2.75, 3.05) is 26.3 Å². The smallest absolute Gasteiger partial charge is 0.225 e. The highest BCUT2D eigenvalue weighted by molar-refractivity contribution is 5.77. The Hall–Kier alpha value is -3.23. The topological polar surface area (TPSA) is 71.5 Å². The summed E-state index contributed by atoms with van der Waals surface area (Å²) < 4.78 is 18.3. The molecule has 3 heterocycles. The van der Waals surface area contributed by atoms with Gasteiger partial charge in [0.25, 0.3) is 0 Å². The Labute approximate surface area is 236 Å². The first-order chi connectivity index (χ1) is 19.6. The minimum absolute atomic E-state index is 0.114. The SMILES string of the molecule is O=C(C[C@@H]1CC[C@@H]2[C@H](COC[C@@H](O)CN2Cc2ccc(Oc3ccccc3)cc2)O1)N1CCc2ccccc2C1. The van der Waals surface area contributed by atoms with Crippen LogP contribution in [0.25, 0.3) is 0 Å². The van der Waals surface area contributed by atoms with Crippen LogP contribution in [-0.2, 0) is 33.8 Å². The highest BCUT2D eigenvalue weighted by Crippen LogP contribution is 2.30. The number of aliphatic hydroxyl groups excluding tert-OH is 1. The molecule has 0 aliphatic carbocycles. The summed E-state index contributed by atoms with van der Waals surface area (Å²) >= 11 is 0. The van der Waals surface area contributed by atoms with E-state index in [2.05, 4.69) is 35.2 Å². The van der Waals surface area contributed by atoms with Gasteiger partial charge in [0.1, 0.15) is 11.5 Å². The summed E-state index contributed by atoms with van der Waals surface area (Å²) in [4.78, 5) is 17.5. The molecule has 3 aromatic carbocycles. The second-order valence-electron chi connectivity index (χ2n) is 11.2. The molecule has 3 aromatic rings. The first-order valence-electron chi connectivity index (χ1n) is 14.4. The first kappa shape index (κ1) is 27.0. The average Bonchev–Trinajstić information content (AvgIpc) is 2.97. The standard InChI is InChI=1S/C33H38N2O5/c36-27-21-35(19-24-10-12-29(13-11-24)39-28-8-2-1-3-9-28)31-15-14-30(40-32(31)23-38-22-27)18-33(37)34-17-16-25-6-4-5-7-26(25)20-34/h1-13,27,30-32,36H,14-23H2/t27-,30-,31+,32-/m0/s1. The number of benzene rings is 3. The van der Waals surface area contributed by atoms with Gasteiger partial charge in [-0.25, -0.2) is 0 Å². The number of β-amino-alcohol motifs (C(OH)–C–C–N with tert-alkyl or cyclic N) is 1. The summed E-state index contributed by atoms with van der Waals surface area (Å²) in [6.07, 6.45) is 2.21. The van der Waals surface area contributed by atoms with Gasteiger partial charge in [0, 0.05) is 32.2 Å². The van der Waals surface area contributed by atoms with Crippen LogP contribution >= 0.6 is 0 Å². The molecular weight excluding hydrogens is 504 g/mol. The van der Waals surface area contributed by atoms with E-state index in [0.717, 1.165) is 42.9 Å². The van der Waals surface area contributed by atoms with Gasteiger partial charge in [0.05, 0.1) is 37.9 Å². The molecule has 2 saturated heterocycles. The average molecular weight is 543 g/mol. The number of hydrogen-bond donors (Lipinski definition) is 1. The molecule has 1 amide bonds. The quantitative estimate of drug-likeness (QED) is 0.492. The summed E-state index contributed by atoms with van der Waals surface area (Å²) in [6.45, 7) is 3.36. The maximum Gasteiger partial charge on any atom is 0.225 e. The Balaban J connectivity index is 1.07. The van der Waals surface area contributed by atoms with Crippen LogP contribution in [-0.4, -0.2) is 71.5 Å². The summed E-state index contributed by atoms with van der Waals surface area (Å²) in [6, 6.07) is 26.4. The molecule has 3 aliphatic heterocycles. The predicted molar refractivity (Wildman–Crippen MR) is 152 cm³/mol. The second-order valence-corrected chi connectivity index (χ2v) is 11.2. The zero-order valence-corrected chi connectivity index (χ0v) is 22.9. The third-order valence-electron chi connectivity index (χ3n) is 8.26. The van der Waals surface area contributed by atoms with Crippen molar-refractivity contribution < 1.29 is 24.1 Å². The van der Waals surface area contributed by atoms with E-state index in [1.807, 2.05) is 53.4 Å². The normalized spacial score (nSPS) is 25.3. The molecule has 3 aliphatic rings. The van der Waals surface area contributed by atoms with Gasteiger partial charge in [-0.2, -0.15) is 0 Å². The van der Waals surface area contributed by atoms with Gasteiger partial charge in [-0.15, -0.1) is 0 Å². The van der Waals surface area contributed by atoms with Gasteiger partial charge in [-0.3, -0.25) is 9.69 Å². The highest BCUT2D eigenvalue weighted by Gasteiger charge is 2.38. The van der Waals surface area contributed by atoms with Gasteiger partial charge >= 0.3 is 0 Å². The van der Waals surface area contributed by atoms with E-state index in [0.29, 0.717) is 32.7 Å². The monoisotopic (exact) mass is 542 g/mol. The van der Waals surface area contributed by atoms with Crippen molar-refractivity contribution in [3.05, 3.63) is 95.6 Å². The molecule has 2 fully saturated rings. The Morgan fingerprint density at radius 1 is 0.900 bits per heavy atom. The minimum atomic E-state index is -0.553. The van der Waals surface area contributed by atoms with E-state index >= 15 is 0 Å². The summed E-state index contributed by atoms with van der Waals surface area (Å²) in [7, 11) is 0. The van der Waals surface area contributed by atoms with E-state index in [4.69, 9.17) is 14.2 Å². The van der Waals surface area contributed by atoms with Gasteiger partial charge in [0.2, 0.25) is 5.91 Å². The third-order valence-corrected chi connectivity index (χ3v) is 8.26. The fourth-order valence-electron chi connectivity index (χ4n) is 6.18. The Morgan fingerprint density at radius 2 is 1.65 bits per heavy atom. The zero-order valence-electron chi connectivity index (χ0n) is 22.9. The maximum absolute atomic E-state index is 13.2. The molecule has 6 rings (SSSR count). The minimum Gasteiger partial charge on any atom is -0.457 e. The number of amides is 1. The highest BCUT2D eigenvalue weighted by atomic mass is 16.5.